The number of piperazine rings is 1. The summed E-state index contributed by atoms with van der Waals surface area (Å²) in [4.78, 5) is 26.4. The molecule has 7 nitrogen and oxygen atoms in total. The topological polar surface area (TPSA) is 79.8 Å². The van der Waals surface area contributed by atoms with Crippen molar-refractivity contribution < 1.29 is 14.1 Å². The van der Waals surface area contributed by atoms with E-state index in [1.54, 1.807) is 23.1 Å². The first-order valence-corrected chi connectivity index (χ1v) is 8.06. The third-order valence-electron chi connectivity index (χ3n) is 4.17. The summed E-state index contributed by atoms with van der Waals surface area (Å²) in [5.74, 6) is 1.43. The Morgan fingerprint density at radius 1 is 1.12 bits per heavy atom. The molecule has 1 aliphatic heterocycles. The molecule has 25 heavy (non-hydrogen) atoms. The standard InChI is InChI=1S/C18H19N3O4/c1-14-2-7-17(25-14)8-9-18(22)20-12-10-19(11-13-20)15-3-5-16(6-4-15)21(23)24/h2-9H,10-13H2,1H3. The Morgan fingerprint density at radius 2 is 1.80 bits per heavy atom. The van der Waals surface area contributed by atoms with Gasteiger partial charge in [0.2, 0.25) is 5.91 Å². The molecule has 0 aliphatic carbocycles. The minimum absolute atomic E-state index is 0.0441. The maximum atomic E-state index is 12.2. The Labute approximate surface area is 145 Å². The van der Waals surface area contributed by atoms with E-state index in [1.807, 2.05) is 19.1 Å². The fraction of sp³-hybridized carbons (Fsp3) is 0.278. The molecule has 0 unspecified atom stereocenters. The van der Waals surface area contributed by atoms with E-state index in [0.717, 1.165) is 11.4 Å². The molecule has 2 heterocycles. The average molecular weight is 341 g/mol. The normalized spacial score (nSPS) is 14.9. The zero-order chi connectivity index (χ0) is 17.8. The fourth-order valence-corrected chi connectivity index (χ4v) is 2.77. The second-order valence-electron chi connectivity index (χ2n) is 5.87. The van der Waals surface area contributed by atoms with Crippen molar-refractivity contribution in [1.82, 2.24) is 4.90 Å². The molecular formula is C18H19N3O4. The highest BCUT2D eigenvalue weighted by molar-refractivity contribution is 5.91. The Kier molecular flexibility index (Phi) is 4.83. The van der Waals surface area contributed by atoms with Crippen LogP contribution in [0, 0.1) is 17.0 Å². The SMILES string of the molecule is Cc1ccc(C=CC(=O)N2CCN(c3ccc([N+](=O)[O-])cc3)CC2)o1. The van der Waals surface area contributed by atoms with Crippen LogP contribution in [0.5, 0.6) is 0 Å². The van der Waals surface area contributed by atoms with Crippen LogP contribution in [0.2, 0.25) is 0 Å². The molecule has 7 heteroatoms. The molecule has 1 saturated heterocycles. The van der Waals surface area contributed by atoms with E-state index >= 15 is 0 Å². The van der Waals surface area contributed by atoms with Gasteiger partial charge in [-0.05, 0) is 37.3 Å². The first kappa shape index (κ1) is 16.8. The number of furan rings is 1. The summed E-state index contributed by atoms with van der Waals surface area (Å²) in [5, 5.41) is 10.7. The molecule has 2 aromatic rings. The van der Waals surface area contributed by atoms with E-state index in [4.69, 9.17) is 4.42 Å². The van der Waals surface area contributed by atoms with Gasteiger partial charge in [-0.1, -0.05) is 0 Å². The average Bonchev–Trinajstić information content (AvgIpc) is 3.05. The quantitative estimate of drug-likeness (QED) is 0.485. The second kappa shape index (κ2) is 7.21. The molecule has 0 spiro atoms. The maximum Gasteiger partial charge on any atom is 0.269 e. The summed E-state index contributed by atoms with van der Waals surface area (Å²) in [6.45, 7) is 4.46. The number of carbonyl (C=O) groups is 1. The van der Waals surface area contributed by atoms with Gasteiger partial charge in [0.15, 0.2) is 0 Å². The number of nitrogens with zero attached hydrogens (tertiary/aromatic N) is 3. The molecule has 1 amide bonds. The van der Waals surface area contributed by atoms with Crippen LogP contribution in [0.1, 0.15) is 11.5 Å². The van der Waals surface area contributed by atoms with Gasteiger partial charge in [-0.2, -0.15) is 0 Å². The lowest BCUT2D eigenvalue weighted by Crippen LogP contribution is -2.48. The number of nitro groups is 1. The molecule has 1 aromatic carbocycles. The zero-order valence-electron chi connectivity index (χ0n) is 13.9. The highest BCUT2D eigenvalue weighted by atomic mass is 16.6. The highest BCUT2D eigenvalue weighted by Gasteiger charge is 2.20. The number of hydrogen-bond donors (Lipinski definition) is 0. The summed E-state index contributed by atoms with van der Waals surface area (Å²) >= 11 is 0. The number of carbonyl (C=O) groups excluding carboxylic acids is 1. The van der Waals surface area contributed by atoms with E-state index in [2.05, 4.69) is 4.90 Å². The Hall–Kier alpha value is -3.09. The van der Waals surface area contributed by atoms with Gasteiger partial charge in [-0.15, -0.1) is 0 Å². The van der Waals surface area contributed by atoms with Crippen molar-refractivity contribution in [2.75, 3.05) is 31.1 Å². The smallest absolute Gasteiger partial charge is 0.269 e. The van der Waals surface area contributed by atoms with Crippen molar-refractivity contribution in [3.8, 4) is 0 Å². The van der Waals surface area contributed by atoms with Crippen LogP contribution in [-0.4, -0.2) is 41.9 Å². The highest BCUT2D eigenvalue weighted by Crippen LogP contribution is 2.20. The summed E-state index contributed by atoms with van der Waals surface area (Å²) in [6.07, 6.45) is 3.21. The van der Waals surface area contributed by atoms with Gasteiger partial charge < -0.3 is 14.2 Å². The first-order valence-electron chi connectivity index (χ1n) is 8.06. The summed E-state index contributed by atoms with van der Waals surface area (Å²) in [6, 6.07) is 10.2. The van der Waals surface area contributed by atoms with Crippen LogP contribution in [0.25, 0.3) is 6.08 Å². The van der Waals surface area contributed by atoms with Crippen LogP contribution in [0.4, 0.5) is 11.4 Å². The van der Waals surface area contributed by atoms with E-state index in [-0.39, 0.29) is 11.6 Å². The van der Waals surface area contributed by atoms with Gasteiger partial charge in [0, 0.05) is 50.1 Å². The van der Waals surface area contributed by atoms with Crippen molar-refractivity contribution >= 4 is 23.4 Å². The van der Waals surface area contributed by atoms with Gasteiger partial charge in [-0.25, -0.2) is 0 Å². The number of aryl methyl sites for hydroxylation is 1. The minimum atomic E-state index is -0.409. The number of benzene rings is 1. The summed E-state index contributed by atoms with van der Waals surface area (Å²) in [5.41, 5.74) is 1.01. The fourth-order valence-electron chi connectivity index (χ4n) is 2.77. The van der Waals surface area contributed by atoms with Crippen LogP contribution >= 0.6 is 0 Å². The van der Waals surface area contributed by atoms with Crippen molar-refractivity contribution in [3.63, 3.8) is 0 Å². The third kappa shape index (κ3) is 4.06. The monoisotopic (exact) mass is 341 g/mol. The molecule has 1 aromatic heterocycles. The number of non-ortho nitro benzene ring substituents is 1. The number of anilines is 1. The Morgan fingerprint density at radius 3 is 2.36 bits per heavy atom. The molecule has 0 radical (unpaired) electrons. The molecule has 3 rings (SSSR count). The number of nitro benzene ring substituents is 1. The molecule has 130 valence electrons. The van der Waals surface area contributed by atoms with Gasteiger partial charge in [0.1, 0.15) is 11.5 Å². The van der Waals surface area contributed by atoms with E-state index in [0.29, 0.717) is 31.9 Å². The van der Waals surface area contributed by atoms with Gasteiger partial charge >= 0.3 is 0 Å². The molecule has 1 fully saturated rings. The molecular weight excluding hydrogens is 322 g/mol. The van der Waals surface area contributed by atoms with Crippen LogP contribution < -0.4 is 4.90 Å². The van der Waals surface area contributed by atoms with Crippen molar-refractivity contribution in [2.45, 2.75) is 6.92 Å². The third-order valence-corrected chi connectivity index (χ3v) is 4.17. The first-order chi connectivity index (χ1) is 12.0. The van der Waals surface area contributed by atoms with Crippen molar-refractivity contribution in [1.29, 1.82) is 0 Å². The number of amides is 1. The van der Waals surface area contributed by atoms with Crippen LogP contribution in [-0.2, 0) is 4.79 Å². The van der Waals surface area contributed by atoms with E-state index < -0.39 is 4.92 Å². The predicted molar refractivity (Wildman–Crippen MR) is 94.4 cm³/mol. The van der Waals surface area contributed by atoms with Crippen LogP contribution in [0.3, 0.4) is 0 Å². The molecule has 0 N–H and O–H groups in total. The van der Waals surface area contributed by atoms with Crippen molar-refractivity contribution in [2.24, 2.45) is 0 Å². The lowest BCUT2D eigenvalue weighted by atomic mass is 10.2. The second-order valence-corrected chi connectivity index (χ2v) is 5.87. The zero-order valence-corrected chi connectivity index (χ0v) is 13.9. The molecule has 0 saturated carbocycles. The predicted octanol–water partition coefficient (Wildman–Crippen LogP) is 2.86. The Bertz CT molecular complexity index is 787. The lowest BCUT2D eigenvalue weighted by molar-refractivity contribution is -0.384. The summed E-state index contributed by atoms with van der Waals surface area (Å²) in [7, 11) is 0. The maximum absolute atomic E-state index is 12.2. The van der Waals surface area contributed by atoms with Gasteiger partial charge in [0.25, 0.3) is 5.69 Å². The number of hydrogen-bond acceptors (Lipinski definition) is 5. The van der Waals surface area contributed by atoms with Crippen molar-refractivity contribution in [3.05, 3.63) is 64.1 Å². The van der Waals surface area contributed by atoms with E-state index in [1.165, 1.54) is 18.2 Å². The lowest BCUT2D eigenvalue weighted by Gasteiger charge is -2.35. The van der Waals surface area contributed by atoms with Gasteiger partial charge in [-0.3, -0.25) is 14.9 Å². The summed E-state index contributed by atoms with van der Waals surface area (Å²) < 4.78 is 5.41. The minimum Gasteiger partial charge on any atom is -0.462 e. The number of rotatable bonds is 4. The van der Waals surface area contributed by atoms with Crippen LogP contribution in [0.15, 0.2) is 46.9 Å². The molecule has 0 atom stereocenters. The Balaban J connectivity index is 1.55. The van der Waals surface area contributed by atoms with Gasteiger partial charge in [0.05, 0.1) is 4.92 Å². The van der Waals surface area contributed by atoms with E-state index in [9.17, 15) is 14.9 Å². The largest absolute Gasteiger partial charge is 0.462 e. The molecule has 0 bridgehead atoms. The molecule has 1 aliphatic rings.